The second kappa shape index (κ2) is 8.95. The van der Waals surface area contributed by atoms with Gasteiger partial charge in [0.05, 0.1) is 19.3 Å². The average Bonchev–Trinajstić information content (AvgIpc) is 3.01. The Morgan fingerprint density at radius 3 is 2.52 bits per heavy atom. The molecule has 3 rings (SSSR count). The molecule has 142 valence electrons. The van der Waals surface area contributed by atoms with Gasteiger partial charge in [-0.25, -0.2) is 0 Å². The van der Waals surface area contributed by atoms with Gasteiger partial charge < -0.3 is 14.0 Å². The average molecular weight is 384 g/mol. The normalized spacial score (nSPS) is 10.8. The maximum atomic E-state index is 5.87. The molecule has 0 amide bonds. The van der Waals surface area contributed by atoms with Crippen molar-refractivity contribution in [2.45, 2.75) is 25.4 Å². The first-order chi connectivity index (χ1) is 13.1. The summed E-state index contributed by atoms with van der Waals surface area (Å²) < 4.78 is 13.3. The van der Waals surface area contributed by atoms with Crippen LogP contribution in [0.2, 0.25) is 0 Å². The van der Waals surface area contributed by atoms with E-state index in [4.69, 9.17) is 9.47 Å². The van der Waals surface area contributed by atoms with Crippen molar-refractivity contribution in [3.8, 4) is 22.9 Å². The predicted molar refractivity (Wildman–Crippen MR) is 110 cm³/mol. The lowest BCUT2D eigenvalue weighted by Gasteiger charge is -2.09. The van der Waals surface area contributed by atoms with Crippen LogP contribution in [0, 0.1) is 13.8 Å². The molecule has 0 saturated heterocycles. The lowest BCUT2D eigenvalue weighted by Crippen LogP contribution is -2.01. The Kier molecular flexibility index (Phi) is 6.40. The summed E-state index contributed by atoms with van der Waals surface area (Å²) in [4.78, 5) is 0. The SMILES string of the molecule is COc1ccccc1-c1nnc(SCCCOc2cc(C)cc(C)c2)n1C. The molecule has 0 aliphatic rings. The Balaban J connectivity index is 1.54. The molecule has 0 radical (unpaired) electrons. The van der Waals surface area contributed by atoms with Gasteiger partial charge in [-0.1, -0.05) is 30.0 Å². The Morgan fingerprint density at radius 2 is 1.78 bits per heavy atom. The molecule has 0 N–H and O–H groups in total. The molecular formula is C21H25N3O2S. The van der Waals surface area contributed by atoms with Gasteiger partial charge in [-0.3, -0.25) is 0 Å². The number of para-hydroxylation sites is 1. The Bertz CT molecular complexity index is 888. The van der Waals surface area contributed by atoms with E-state index in [9.17, 15) is 0 Å². The summed E-state index contributed by atoms with van der Waals surface area (Å²) in [6.45, 7) is 4.86. The van der Waals surface area contributed by atoms with Gasteiger partial charge in [-0.05, 0) is 55.7 Å². The summed E-state index contributed by atoms with van der Waals surface area (Å²) in [5, 5.41) is 9.56. The standard InChI is InChI=1S/C21H25N3O2S/c1-15-12-16(2)14-17(13-15)26-10-7-11-27-21-23-22-20(24(21)3)18-8-5-6-9-19(18)25-4/h5-6,8-9,12-14H,7,10-11H2,1-4H3. The zero-order chi connectivity index (χ0) is 19.2. The van der Waals surface area contributed by atoms with Crippen LogP contribution in [0.4, 0.5) is 0 Å². The van der Waals surface area contributed by atoms with Gasteiger partial charge in [0, 0.05) is 12.8 Å². The quantitative estimate of drug-likeness (QED) is 0.418. The number of ether oxygens (including phenoxy) is 2. The molecule has 0 saturated carbocycles. The van der Waals surface area contributed by atoms with Gasteiger partial charge in [-0.15, -0.1) is 10.2 Å². The maximum absolute atomic E-state index is 5.87. The van der Waals surface area contributed by atoms with Crippen LogP contribution in [0.1, 0.15) is 17.5 Å². The van der Waals surface area contributed by atoms with E-state index in [1.807, 2.05) is 35.9 Å². The molecule has 2 aromatic carbocycles. The minimum Gasteiger partial charge on any atom is -0.496 e. The van der Waals surface area contributed by atoms with Gasteiger partial charge >= 0.3 is 0 Å². The number of aryl methyl sites for hydroxylation is 2. The third-order valence-corrected chi connectivity index (χ3v) is 5.27. The third-order valence-electron chi connectivity index (χ3n) is 4.17. The van der Waals surface area contributed by atoms with Crippen molar-refractivity contribution in [2.24, 2.45) is 7.05 Å². The zero-order valence-electron chi connectivity index (χ0n) is 16.2. The number of rotatable bonds is 8. The topological polar surface area (TPSA) is 49.2 Å². The summed E-state index contributed by atoms with van der Waals surface area (Å²) >= 11 is 1.69. The second-order valence-corrected chi connectivity index (χ2v) is 7.50. The number of thioether (sulfide) groups is 1. The Hall–Kier alpha value is -2.47. The first-order valence-corrected chi connectivity index (χ1v) is 9.93. The highest BCUT2D eigenvalue weighted by molar-refractivity contribution is 7.99. The maximum Gasteiger partial charge on any atom is 0.191 e. The van der Waals surface area contributed by atoms with Crippen LogP contribution in [0.5, 0.6) is 11.5 Å². The van der Waals surface area contributed by atoms with Crippen LogP contribution >= 0.6 is 11.8 Å². The second-order valence-electron chi connectivity index (χ2n) is 6.44. The smallest absolute Gasteiger partial charge is 0.191 e. The number of hydrogen-bond donors (Lipinski definition) is 0. The molecule has 1 aromatic heterocycles. The van der Waals surface area contributed by atoms with E-state index in [1.54, 1.807) is 18.9 Å². The van der Waals surface area contributed by atoms with Crippen LogP contribution in [-0.2, 0) is 7.05 Å². The summed E-state index contributed by atoms with van der Waals surface area (Å²) in [6.07, 6.45) is 0.939. The number of aromatic nitrogens is 3. The molecule has 0 fully saturated rings. The van der Waals surface area contributed by atoms with Crippen molar-refractivity contribution >= 4 is 11.8 Å². The highest BCUT2D eigenvalue weighted by Crippen LogP contribution is 2.30. The van der Waals surface area contributed by atoms with Crippen molar-refractivity contribution in [3.63, 3.8) is 0 Å². The van der Waals surface area contributed by atoms with E-state index in [1.165, 1.54) is 11.1 Å². The number of benzene rings is 2. The molecule has 0 aliphatic carbocycles. The van der Waals surface area contributed by atoms with Gasteiger partial charge in [-0.2, -0.15) is 0 Å². The van der Waals surface area contributed by atoms with E-state index < -0.39 is 0 Å². The van der Waals surface area contributed by atoms with E-state index in [0.29, 0.717) is 6.61 Å². The van der Waals surface area contributed by atoms with E-state index in [0.717, 1.165) is 40.2 Å². The number of hydrogen-bond acceptors (Lipinski definition) is 5. The van der Waals surface area contributed by atoms with Crippen LogP contribution < -0.4 is 9.47 Å². The van der Waals surface area contributed by atoms with E-state index >= 15 is 0 Å². The Labute approximate surface area is 164 Å². The molecule has 1 heterocycles. The summed E-state index contributed by atoms with van der Waals surface area (Å²) in [7, 11) is 3.65. The molecule has 27 heavy (non-hydrogen) atoms. The minimum atomic E-state index is 0.688. The lowest BCUT2D eigenvalue weighted by atomic mass is 10.1. The molecule has 6 heteroatoms. The highest BCUT2D eigenvalue weighted by atomic mass is 32.2. The molecular weight excluding hydrogens is 358 g/mol. The molecule has 5 nitrogen and oxygen atoms in total. The summed E-state index contributed by atoms with van der Waals surface area (Å²) in [5.41, 5.74) is 3.39. The van der Waals surface area contributed by atoms with Gasteiger partial charge in [0.1, 0.15) is 11.5 Å². The largest absolute Gasteiger partial charge is 0.496 e. The predicted octanol–water partition coefficient (Wildman–Crippen LogP) is 4.67. The molecule has 0 aliphatic heterocycles. The van der Waals surface area contributed by atoms with Crippen molar-refractivity contribution in [1.29, 1.82) is 0 Å². The number of nitrogens with zero attached hydrogens (tertiary/aromatic N) is 3. The van der Waals surface area contributed by atoms with Crippen LogP contribution in [-0.4, -0.2) is 34.2 Å². The first-order valence-electron chi connectivity index (χ1n) is 8.95. The highest BCUT2D eigenvalue weighted by Gasteiger charge is 2.14. The first kappa shape index (κ1) is 19.3. The van der Waals surface area contributed by atoms with Gasteiger partial charge in [0.2, 0.25) is 0 Å². The van der Waals surface area contributed by atoms with Crippen molar-refractivity contribution in [2.75, 3.05) is 19.5 Å². The van der Waals surface area contributed by atoms with Gasteiger partial charge in [0.25, 0.3) is 0 Å². The molecule has 0 unspecified atom stereocenters. The van der Waals surface area contributed by atoms with Crippen molar-refractivity contribution < 1.29 is 9.47 Å². The summed E-state index contributed by atoms with van der Waals surface area (Å²) in [5.74, 6) is 3.46. The fourth-order valence-electron chi connectivity index (χ4n) is 2.93. The van der Waals surface area contributed by atoms with Crippen molar-refractivity contribution in [3.05, 3.63) is 53.6 Å². The minimum absolute atomic E-state index is 0.688. The molecule has 3 aromatic rings. The van der Waals surface area contributed by atoms with Crippen molar-refractivity contribution in [1.82, 2.24) is 14.8 Å². The zero-order valence-corrected chi connectivity index (χ0v) is 17.0. The van der Waals surface area contributed by atoms with Crippen LogP contribution in [0.25, 0.3) is 11.4 Å². The number of methoxy groups -OCH3 is 1. The van der Waals surface area contributed by atoms with Gasteiger partial charge in [0.15, 0.2) is 11.0 Å². The monoisotopic (exact) mass is 383 g/mol. The fraction of sp³-hybridized carbons (Fsp3) is 0.333. The molecule has 0 atom stereocenters. The lowest BCUT2D eigenvalue weighted by molar-refractivity contribution is 0.318. The van der Waals surface area contributed by atoms with Crippen LogP contribution in [0.15, 0.2) is 47.6 Å². The Morgan fingerprint density at radius 1 is 1.04 bits per heavy atom. The molecule has 0 spiro atoms. The third kappa shape index (κ3) is 4.83. The van der Waals surface area contributed by atoms with E-state index in [2.05, 4.69) is 42.2 Å². The van der Waals surface area contributed by atoms with E-state index in [-0.39, 0.29) is 0 Å². The molecule has 0 bridgehead atoms. The fourth-order valence-corrected chi connectivity index (χ4v) is 3.76. The van der Waals surface area contributed by atoms with Crippen LogP contribution in [0.3, 0.4) is 0 Å². The summed E-state index contributed by atoms with van der Waals surface area (Å²) in [6, 6.07) is 14.1.